The number of nitrogen functional groups attached to an aromatic ring is 1. The van der Waals surface area contributed by atoms with Gasteiger partial charge < -0.3 is 10.6 Å². The van der Waals surface area contributed by atoms with Crippen LogP contribution in [0.3, 0.4) is 0 Å². The van der Waals surface area contributed by atoms with Crippen molar-refractivity contribution in [2.24, 2.45) is 0 Å². The Labute approximate surface area is 112 Å². The SMILES string of the molecule is CC1NONC1N1CCN(c2ccncc2N)CC1. The second kappa shape index (κ2) is 5.30. The summed E-state index contributed by atoms with van der Waals surface area (Å²) in [6.45, 7) is 5.99. The number of aromatic nitrogens is 1. The third kappa shape index (κ3) is 2.50. The number of hydrogen-bond acceptors (Lipinski definition) is 7. The van der Waals surface area contributed by atoms with Crippen molar-refractivity contribution in [3.63, 3.8) is 0 Å². The molecule has 7 heteroatoms. The van der Waals surface area contributed by atoms with E-state index in [1.807, 2.05) is 6.07 Å². The molecular weight excluding hydrogens is 244 g/mol. The zero-order valence-corrected chi connectivity index (χ0v) is 11.0. The van der Waals surface area contributed by atoms with Crippen molar-refractivity contribution >= 4 is 11.4 Å². The first kappa shape index (κ1) is 12.6. The van der Waals surface area contributed by atoms with Crippen molar-refractivity contribution in [1.29, 1.82) is 0 Å². The fourth-order valence-corrected chi connectivity index (χ4v) is 2.67. The van der Waals surface area contributed by atoms with E-state index >= 15 is 0 Å². The summed E-state index contributed by atoms with van der Waals surface area (Å²) in [5.74, 6) is 0. The number of hydroxylamine groups is 2. The Bertz CT molecular complexity index is 434. The van der Waals surface area contributed by atoms with E-state index in [4.69, 9.17) is 10.7 Å². The van der Waals surface area contributed by atoms with Crippen LogP contribution in [0.5, 0.6) is 0 Å². The molecule has 0 spiro atoms. The van der Waals surface area contributed by atoms with Gasteiger partial charge in [-0.2, -0.15) is 11.0 Å². The van der Waals surface area contributed by atoms with Crippen LogP contribution in [0.2, 0.25) is 0 Å². The highest BCUT2D eigenvalue weighted by Gasteiger charge is 2.32. The van der Waals surface area contributed by atoms with Crippen molar-refractivity contribution < 1.29 is 4.94 Å². The van der Waals surface area contributed by atoms with Crippen LogP contribution in [0, 0.1) is 0 Å². The quantitative estimate of drug-likeness (QED) is 0.667. The molecule has 0 aromatic carbocycles. The fourth-order valence-electron chi connectivity index (χ4n) is 2.67. The van der Waals surface area contributed by atoms with Gasteiger partial charge >= 0.3 is 0 Å². The van der Waals surface area contributed by atoms with Crippen LogP contribution >= 0.6 is 0 Å². The van der Waals surface area contributed by atoms with Crippen LogP contribution in [0.4, 0.5) is 11.4 Å². The Balaban J connectivity index is 1.62. The van der Waals surface area contributed by atoms with Gasteiger partial charge in [0.05, 0.1) is 23.6 Å². The van der Waals surface area contributed by atoms with E-state index in [0.29, 0.717) is 0 Å². The molecule has 19 heavy (non-hydrogen) atoms. The van der Waals surface area contributed by atoms with Crippen molar-refractivity contribution in [2.45, 2.75) is 19.1 Å². The van der Waals surface area contributed by atoms with Crippen LogP contribution < -0.4 is 21.6 Å². The summed E-state index contributed by atoms with van der Waals surface area (Å²) in [4.78, 5) is 13.8. The molecule has 1 aromatic heterocycles. The molecule has 1 aromatic rings. The number of nitrogens with two attached hydrogens (primary N) is 1. The molecule has 4 N–H and O–H groups in total. The van der Waals surface area contributed by atoms with Crippen molar-refractivity contribution in [3.8, 4) is 0 Å². The van der Waals surface area contributed by atoms with E-state index in [2.05, 4.69) is 32.7 Å². The zero-order valence-electron chi connectivity index (χ0n) is 11.0. The monoisotopic (exact) mass is 264 g/mol. The lowest BCUT2D eigenvalue weighted by Crippen LogP contribution is -2.56. The van der Waals surface area contributed by atoms with Gasteiger partial charge in [-0.3, -0.25) is 9.88 Å². The van der Waals surface area contributed by atoms with Crippen molar-refractivity contribution in [3.05, 3.63) is 18.5 Å². The minimum absolute atomic E-state index is 0.233. The number of pyridine rings is 1. The molecule has 3 heterocycles. The van der Waals surface area contributed by atoms with E-state index < -0.39 is 0 Å². The van der Waals surface area contributed by atoms with E-state index in [0.717, 1.165) is 37.6 Å². The summed E-state index contributed by atoms with van der Waals surface area (Å²) in [6.07, 6.45) is 3.73. The number of hydrogen-bond donors (Lipinski definition) is 3. The smallest absolute Gasteiger partial charge is 0.103 e. The molecule has 0 amide bonds. The number of nitrogens with zero attached hydrogens (tertiary/aromatic N) is 3. The first-order valence-electron chi connectivity index (χ1n) is 6.61. The molecule has 0 radical (unpaired) electrons. The van der Waals surface area contributed by atoms with Gasteiger partial charge in [0.1, 0.15) is 6.17 Å². The third-order valence-electron chi connectivity index (χ3n) is 3.77. The molecule has 2 aliphatic rings. The predicted molar refractivity (Wildman–Crippen MR) is 73.0 cm³/mol. The Morgan fingerprint density at radius 3 is 2.74 bits per heavy atom. The molecular formula is C12H20N6O. The van der Waals surface area contributed by atoms with E-state index in [9.17, 15) is 0 Å². The molecule has 2 unspecified atom stereocenters. The molecule has 2 atom stereocenters. The largest absolute Gasteiger partial charge is 0.396 e. The highest BCUT2D eigenvalue weighted by molar-refractivity contribution is 5.66. The number of piperazine rings is 1. The lowest BCUT2D eigenvalue weighted by molar-refractivity contribution is -0.00788. The van der Waals surface area contributed by atoms with Crippen LogP contribution in [0.1, 0.15) is 6.92 Å². The summed E-state index contributed by atoms with van der Waals surface area (Å²) in [5, 5.41) is 0. The van der Waals surface area contributed by atoms with Gasteiger partial charge in [0.25, 0.3) is 0 Å². The molecule has 0 saturated carbocycles. The Kier molecular flexibility index (Phi) is 3.52. The Morgan fingerprint density at radius 1 is 1.32 bits per heavy atom. The molecule has 3 rings (SSSR count). The first-order chi connectivity index (χ1) is 9.25. The summed E-state index contributed by atoms with van der Waals surface area (Å²) in [6, 6.07) is 2.27. The lowest BCUT2D eigenvalue weighted by atomic mass is 10.2. The lowest BCUT2D eigenvalue weighted by Gasteiger charge is -2.39. The molecule has 2 fully saturated rings. The topological polar surface area (TPSA) is 78.7 Å². The number of rotatable bonds is 2. The van der Waals surface area contributed by atoms with Gasteiger partial charge in [0.2, 0.25) is 0 Å². The zero-order chi connectivity index (χ0) is 13.2. The van der Waals surface area contributed by atoms with Gasteiger partial charge in [-0.05, 0) is 13.0 Å². The van der Waals surface area contributed by atoms with Crippen molar-refractivity contribution in [2.75, 3.05) is 36.8 Å². The molecule has 104 valence electrons. The normalized spacial score (nSPS) is 28.8. The average molecular weight is 264 g/mol. The third-order valence-corrected chi connectivity index (χ3v) is 3.77. The summed E-state index contributed by atoms with van der Waals surface area (Å²) in [7, 11) is 0. The molecule has 2 aliphatic heterocycles. The first-order valence-corrected chi connectivity index (χ1v) is 6.61. The van der Waals surface area contributed by atoms with E-state index in [1.54, 1.807) is 12.4 Å². The number of anilines is 2. The maximum absolute atomic E-state index is 5.97. The maximum Gasteiger partial charge on any atom is 0.103 e. The van der Waals surface area contributed by atoms with Gasteiger partial charge in [0.15, 0.2) is 0 Å². The molecule has 0 aliphatic carbocycles. The van der Waals surface area contributed by atoms with Crippen LogP contribution in [-0.2, 0) is 4.94 Å². The Morgan fingerprint density at radius 2 is 2.11 bits per heavy atom. The fraction of sp³-hybridized carbons (Fsp3) is 0.583. The second-order valence-corrected chi connectivity index (χ2v) is 5.03. The minimum Gasteiger partial charge on any atom is -0.396 e. The molecule has 2 saturated heterocycles. The highest BCUT2D eigenvalue weighted by Crippen LogP contribution is 2.23. The van der Waals surface area contributed by atoms with E-state index in [1.165, 1.54) is 0 Å². The Hall–Kier alpha value is -1.41. The summed E-state index contributed by atoms with van der Waals surface area (Å²) >= 11 is 0. The van der Waals surface area contributed by atoms with Crippen LogP contribution in [-0.4, -0.2) is 48.3 Å². The van der Waals surface area contributed by atoms with Crippen LogP contribution in [0.15, 0.2) is 18.5 Å². The van der Waals surface area contributed by atoms with Crippen LogP contribution in [0.25, 0.3) is 0 Å². The predicted octanol–water partition coefficient (Wildman–Crippen LogP) is -0.460. The van der Waals surface area contributed by atoms with Crippen molar-refractivity contribution in [1.82, 2.24) is 20.8 Å². The van der Waals surface area contributed by atoms with Gasteiger partial charge in [-0.1, -0.05) is 0 Å². The van der Waals surface area contributed by atoms with Gasteiger partial charge in [-0.25, -0.2) is 4.94 Å². The summed E-state index contributed by atoms with van der Waals surface area (Å²) < 4.78 is 0. The van der Waals surface area contributed by atoms with Gasteiger partial charge in [0, 0.05) is 32.4 Å². The summed E-state index contributed by atoms with van der Waals surface area (Å²) in [5.41, 5.74) is 13.7. The van der Waals surface area contributed by atoms with Gasteiger partial charge in [-0.15, -0.1) is 0 Å². The number of nitrogens with one attached hydrogen (secondary N) is 2. The standard InChI is InChI=1S/C12H20N6O/c1-9-12(16-19-15-9)18-6-4-17(5-7-18)11-2-3-14-8-10(11)13/h2-3,8-9,12,15-16H,4-7,13H2,1H3. The minimum atomic E-state index is 0.233. The van der Waals surface area contributed by atoms with E-state index in [-0.39, 0.29) is 12.2 Å². The maximum atomic E-state index is 5.97. The molecule has 0 bridgehead atoms. The second-order valence-electron chi connectivity index (χ2n) is 5.03. The average Bonchev–Trinajstić information content (AvgIpc) is 2.86. The highest BCUT2D eigenvalue weighted by atomic mass is 16.8. The molecule has 7 nitrogen and oxygen atoms in total.